The van der Waals surface area contributed by atoms with Gasteiger partial charge in [0.1, 0.15) is 0 Å². The van der Waals surface area contributed by atoms with E-state index in [-0.39, 0.29) is 11.5 Å². The van der Waals surface area contributed by atoms with Gasteiger partial charge in [0.25, 0.3) is 11.5 Å². The van der Waals surface area contributed by atoms with Crippen LogP contribution in [0.15, 0.2) is 47.4 Å². The standard InChI is InChI=1S/C19H21N5O2S/c1-13-3-5-15(6-4-13)12-27-10-9-20-19(26)16-11-21-24(14(16)2)17-7-8-18(25)23-22-17/h3-8,11H,9-10,12H2,1-2H3,(H,20,26)(H,23,25). The molecule has 1 amide bonds. The summed E-state index contributed by atoms with van der Waals surface area (Å²) in [5, 5.41) is 13.4. The topological polar surface area (TPSA) is 92.7 Å². The van der Waals surface area contributed by atoms with E-state index >= 15 is 0 Å². The van der Waals surface area contributed by atoms with Gasteiger partial charge in [-0.05, 0) is 25.5 Å². The number of H-pyrrole nitrogens is 1. The van der Waals surface area contributed by atoms with Crippen molar-refractivity contribution in [3.8, 4) is 5.82 Å². The minimum absolute atomic E-state index is 0.167. The lowest BCUT2D eigenvalue weighted by molar-refractivity contribution is 0.0955. The van der Waals surface area contributed by atoms with Gasteiger partial charge in [-0.3, -0.25) is 9.59 Å². The molecule has 8 heteroatoms. The van der Waals surface area contributed by atoms with Gasteiger partial charge in [-0.1, -0.05) is 29.8 Å². The molecule has 3 rings (SSSR count). The number of nitrogens with zero attached hydrogens (tertiary/aromatic N) is 3. The molecule has 0 aliphatic heterocycles. The third-order valence-electron chi connectivity index (χ3n) is 4.06. The average Bonchev–Trinajstić information content (AvgIpc) is 3.05. The molecule has 27 heavy (non-hydrogen) atoms. The summed E-state index contributed by atoms with van der Waals surface area (Å²) in [6.07, 6.45) is 1.51. The first-order valence-electron chi connectivity index (χ1n) is 8.57. The maximum atomic E-state index is 12.4. The first-order chi connectivity index (χ1) is 13.0. The molecule has 0 bridgehead atoms. The van der Waals surface area contributed by atoms with Crippen LogP contribution in [0.25, 0.3) is 5.82 Å². The molecule has 0 spiro atoms. The fraction of sp³-hybridized carbons (Fsp3) is 0.263. The lowest BCUT2D eigenvalue weighted by atomic mass is 10.2. The van der Waals surface area contributed by atoms with Crippen LogP contribution in [0.5, 0.6) is 0 Å². The molecule has 2 N–H and O–H groups in total. The van der Waals surface area contributed by atoms with Crippen LogP contribution in [0, 0.1) is 13.8 Å². The lowest BCUT2D eigenvalue weighted by Gasteiger charge is -2.06. The van der Waals surface area contributed by atoms with E-state index in [0.717, 1.165) is 11.5 Å². The molecule has 0 saturated carbocycles. The van der Waals surface area contributed by atoms with Crippen LogP contribution in [0.3, 0.4) is 0 Å². The Morgan fingerprint density at radius 3 is 2.67 bits per heavy atom. The molecular weight excluding hydrogens is 362 g/mol. The quantitative estimate of drug-likeness (QED) is 0.611. The predicted molar refractivity (Wildman–Crippen MR) is 106 cm³/mol. The minimum Gasteiger partial charge on any atom is -0.351 e. The number of nitrogens with one attached hydrogen (secondary N) is 2. The number of hydrogen-bond acceptors (Lipinski definition) is 5. The SMILES string of the molecule is Cc1ccc(CSCCNC(=O)c2cnn(-c3ccc(=O)[nH]n3)c2C)cc1. The number of thioether (sulfide) groups is 1. The van der Waals surface area contributed by atoms with Crippen LogP contribution in [-0.2, 0) is 5.75 Å². The number of carbonyl (C=O) groups is 1. The summed E-state index contributed by atoms with van der Waals surface area (Å²) in [4.78, 5) is 23.5. The minimum atomic E-state index is -0.287. The second-order valence-corrected chi connectivity index (χ2v) is 7.23. The molecule has 0 aliphatic rings. The molecule has 0 atom stereocenters. The van der Waals surface area contributed by atoms with Crippen LogP contribution in [-0.4, -0.2) is 38.2 Å². The van der Waals surface area contributed by atoms with E-state index in [4.69, 9.17) is 0 Å². The molecule has 2 aromatic heterocycles. The number of aryl methyl sites for hydroxylation is 1. The number of aromatic nitrogens is 4. The van der Waals surface area contributed by atoms with Gasteiger partial charge in [0.2, 0.25) is 0 Å². The zero-order chi connectivity index (χ0) is 19.2. The number of amides is 1. The highest BCUT2D eigenvalue weighted by Crippen LogP contribution is 2.13. The zero-order valence-electron chi connectivity index (χ0n) is 15.2. The fourth-order valence-corrected chi connectivity index (χ4v) is 3.34. The smallest absolute Gasteiger partial charge is 0.264 e. The molecule has 3 aromatic rings. The highest BCUT2D eigenvalue weighted by Gasteiger charge is 2.15. The van der Waals surface area contributed by atoms with Crippen LogP contribution in [0.1, 0.15) is 27.2 Å². The van der Waals surface area contributed by atoms with Gasteiger partial charge in [0.15, 0.2) is 5.82 Å². The Hall–Kier alpha value is -2.87. The summed E-state index contributed by atoms with van der Waals surface area (Å²) in [7, 11) is 0. The Morgan fingerprint density at radius 1 is 1.19 bits per heavy atom. The van der Waals surface area contributed by atoms with Gasteiger partial charge in [0.05, 0.1) is 17.5 Å². The normalized spacial score (nSPS) is 10.7. The van der Waals surface area contributed by atoms with Crippen LogP contribution in [0.2, 0.25) is 0 Å². The van der Waals surface area contributed by atoms with Gasteiger partial charge < -0.3 is 5.32 Å². The Balaban J connectivity index is 1.50. The Bertz CT molecular complexity index is 958. The van der Waals surface area contributed by atoms with E-state index in [1.807, 2.05) is 0 Å². The van der Waals surface area contributed by atoms with Crippen LogP contribution in [0.4, 0.5) is 0 Å². The monoisotopic (exact) mass is 383 g/mol. The molecule has 0 radical (unpaired) electrons. The van der Waals surface area contributed by atoms with Crippen LogP contribution >= 0.6 is 11.8 Å². The van der Waals surface area contributed by atoms with Crippen molar-refractivity contribution in [3.63, 3.8) is 0 Å². The largest absolute Gasteiger partial charge is 0.351 e. The van der Waals surface area contributed by atoms with Crippen molar-refractivity contribution in [1.82, 2.24) is 25.3 Å². The second-order valence-electron chi connectivity index (χ2n) is 6.13. The van der Waals surface area contributed by atoms with E-state index in [9.17, 15) is 9.59 Å². The zero-order valence-corrected chi connectivity index (χ0v) is 16.0. The Kier molecular flexibility index (Phi) is 6.08. The Morgan fingerprint density at radius 2 is 1.96 bits per heavy atom. The van der Waals surface area contributed by atoms with Crippen LogP contribution < -0.4 is 10.9 Å². The molecule has 0 saturated heterocycles. The number of hydrogen-bond donors (Lipinski definition) is 2. The first-order valence-corrected chi connectivity index (χ1v) is 9.72. The summed E-state index contributed by atoms with van der Waals surface area (Å²) in [5.74, 6) is 2.04. The van der Waals surface area contributed by atoms with E-state index in [2.05, 4.69) is 51.8 Å². The predicted octanol–water partition coefficient (Wildman–Crippen LogP) is 2.24. The number of benzene rings is 1. The fourth-order valence-electron chi connectivity index (χ4n) is 2.52. The number of carbonyl (C=O) groups excluding carboxylic acids is 1. The molecule has 0 unspecified atom stereocenters. The van der Waals surface area contributed by atoms with Gasteiger partial charge in [0, 0.05) is 24.1 Å². The highest BCUT2D eigenvalue weighted by atomic mass is 32.2. The van der Waals surface area contributed by atoms with E-state index in [1.54, 1.807) is 24.8 Å². The molecule has 7 nitrogen and oxygen atoms in total. The van der Waals surface area contributed by atoms with Crippen molar-refractivity contribution < 1.29 is 4.79 Å². The maximum Gasteiger partial charge on any atom is 0.264 e. The molecule has 0 fully saturated rings. The summed E-state index contributed by atoms with van der Waals surface area (Å²) in [5.41, 5.74) is 3.40. The van der Waals surface area contributed by atoms with Gasteiger partial charge >= 0.3 is 0 Å². The van der Waals surface area contributed by atoms with Gasteiger partial charge in [-0.25, -0.2) is 9.78 Å². The molecule has 1 aromatic carbocycles. The van der Waals surface area contributed by atoms with Gasteiger partial charge in [-0.2, -0.15) is 22.0 Å². The van der Waals surface area contributed by atoms with E-state index in [0.29, 0.717) is 23.6 Å². The van der Waals surface area contributed by atoms with Crippen molar-refractivity contribution in [2.75, 3.05) is 12.3 Å². The van der Waals surface area contributed by atoms with Gasteiger partial charge in [-0.15, -0.1) is 0 Å². The summed E-state index contributed by atoms with van der Waals surface area (Å²) in [6, 6.07) is 11.4. The van der Waals surface area contributed by atoms with Crippen molar-refractivity contribution in [2.45, 2.75) is 19.6 Å². The van der Waals surface area contributed by atoms with Crippen molar-refractivity contribution in [3.05, 3.63) is 75.3 Å². The number of aromatic amines is 1. The molecule has 0 aliphatic carbocycles. The van der Waals surface area contributed by atoms with Crippen molar-refractivity contribution in [1.29, 1.82) is 0 Å². The first kappa shape index (κ1) is 18.9. The van der Waals surface area contributed by atoms with E-state index < -0.39 is 0 Å². The Labute approximate surface area is 161 Å². The van der Waals surface area contributed by atoms with E-state index in [1.165, 1.54) is 28.1 Å². The van der Waals surface area contributed by atoms with Crippen molar-refractivity contribution >= 4 is 17.7 Å². The summed E-state index contributed by atoms with van der Waals surface area (Å²) in [6.45, 7) is 4.45. The summed E-state index contributed by atoms with van der Waals surface area (Å²) < 4.78 is 1.52. The maximum absolute atomic E-state index is 12.4. The molecule has 2 heterocycles. The van der Waals surface area contributed by atoms with Crippen molar-refractivity contribution in [2.24, 2.45) is 0 Å². The lowest BCUT2D eigenvalue weighted by Crippen LogP contribution is -2.26. The average molecular weight is 383 g/mol. The molecule has 140 valence electrons. The third-order valence-corrected chi connectivity index (χ3v) is 5.09. The third kappa shape index (κ3) is 4.85. The highest BCUT2D eigenvalue weighted by molar-refractivity contribution is 7.98. The molecular formula is C19H21N5O2S. The number of rotatable bonds is 7. The summed E-state index contributed by atoms with van der Waals surface area (Å²) >= 11 is 1.78. The second kappa shape index (κ2) is 8.68.